The average molecular weight is 311 g/mol. The summed E-state index contributed by atoms with van der Waals surface area (Å²) in [7, 11) is 2.11. The lowest BCUT2D eigenvalue weighted by Crippen LogP contribution is -2.56. The van der Waals surface area contributed by atoms with Crippen molar-refractivity contribution in [2.45, 2.75) is 25.9 Å². The minimum absolute atomic E-state index is 0.0203. The molecule has 6 heteroatoms. The van der Waals surface area contributed by atoms with Crippen LogP contribution in [0.1, 0.15) is 13.8 Å². The lowest BCUT2D eigenvalue weighted by molar-refractivity contribution is -0.122. The number of rotatable bonds is 3. The van der Waals surface area contributed by atoms with E-state index in [2.05, 4.69) is 29.1 Å². The second-order valence-electron chi connectivity index (χ2n) is 5.75. The number of piperazine rings is 1. The predicted molar refractivity (Wildman–Crippen MR) is 87.6 cm³/mol. The maximum absolute atomic E-state index is 12.4. The van der Waals surface area contributed by atoms with Crippen molar-refractivity contribution in [2.75, 3.05) is 37.7 Å². The van der Waals surface area contributed by atoms with Crippen LogP contribution in [-0.4, -0.2) is 54.5 Å². The normalized spacial score (nSPS) is 22.0. The lowest BCUT2D eigenvalue weighted by Gasteiger charge is -2.41. The van der Waals surface area contributed by atoms with Crippen molar-refractivity contribution in [3.63, 3.8) is 0 Å². The van der Waals surface area contributed by atoms with Crippen LogP contribution in [0, 0.1) is 0 Å². The Labute approximate surface area is 131 Å². The largest absolute Gasteiger partial charge is 0.397 e. The first kappa shape index (κ1) is 16.1. The van der Waals surface area contributed by atoms with Crippen molar-refractivity contribution in [3.05, 3.63) is 23.2 Å². The van der Waals surface area contributed by atoms with Gasteiger partial charge in [0.2, 0.25) is 5.91 Å². The van der Waals surface area contributed by atoms with Gasteiger partial charge in [0.15, 0.2) is 0 Å². The van der Waals surface area contributed by atoms with Crippen molar-refractivity contribution in [1.82, 2.24) is 9.80 Å². The fraction of sp³-hybridized carbons (Fsp3) is 0.533. The summed E-state index contributed by atoms with van der Waals surface area (Å²) in [6.07, 6.45) is 0. The molecule has 2 unspecified atom stereocenters. The van der Waals surface area contributed by atoms with Crippen molar-refractivity contribution in [3.8, 4) is 0 Å². The fourth-order valence-corrected chi connectivity index (χ4v) is 2.87. The Morgan fingerprint density at radius 3 is 2.81 bits per heavy atom. The van der Waals surface area contributed by atoms with Crippen molar-refractivity contribution in [1.29, 1.82) is 0 Å². The Bertz CT molecular complexity index is 522. The van der Waals surface area contributed by atoms with Gasteiger partial charge in [-0.3, -0.25) is 9.69 Å². The molecule has 1 amide bonds. The van der Waals surface area contributed by atoms with Gasteiger partial charge in [-0.05, 0) is 39.1 Å². The molecule has 3 N–H and O–H groups in total. The van der Waals surface area contributed by atoms with E-state index in [0.29, 0.717) is 22.4 Å². The monoisotopic (exact) mass is 310 g/mol. The third kappa shape index (κ3) is 3.87. The fourth-order valence-electron chi connectivity index (χ4n) is 2.75. The molecule has 0 bridgehead atoms. The van der Waals surface area contributed by atoms with E-state index < -0.39 is 0 Å². The Morgan fingerprint density at radius 2 is 2.19 bits per heavy atom. The molecule has 1 heterocycles. The van der Waals surface area contributed by atoms with E-state index in [4.69, 9.17) is 17.3 Å². The summed E-state index contributed by atoms with van der Waals surface area (Å²) < 4.78 is 0. The van der Waals surface area contributed by atoms with Gasteiger partial charge in [0.1, 0.15) is 0 Å². The summed E-state index contributed by atoms with van der Waals surface area (Å²) in [6, 6.07) is 5.32. The highest BCUT2D eigenvalue weighted by molar-refractivity contribution is 6.33. The number of nitrogens with zero attached hydrogens (tertiary/aromatic N) is 2. The number of likely N-dealkylation sites (N-methyl/N-ethyl adjacent to an activating group) is 1. The number of anilines is 2. The van der Waals surface area contributed by atoms with Gasteiger partial charge in [-0.15, -0.1) is 0 Å². The molecule has 1 aliphatic heterocycles. The number of halogens is 1. The number of benzene rings is 1. The molecule has 0 saturated carbocycles. The van der Waals surface area contributed by atoms with Crippen LogP contribution in [0.2, 0.25) is 5.02 Å². The number of nitrogen functional groups attached to an aromatic ring is 1. The molecule has 0 radical (unpaired) electrons. The summed E-state index contributed by atoms with van der Waals surface area (Å²) in [4.78, 5) is 16.9. The third-order valence-electron chi connectivity index (χ3n) is 4.02. The van der Waals surface area contributed by atoms with Crippen molar-refractivity contribution < 1.29 is 4.79 Å². The number of hydrogen-bond donors (Lipinski definition) is 2. The van der Waals surface area contributed by atoms with E-state index in [1.54, 1.807) is 18.2 Å². The molecule has 21 heavy (non-hydrogen) atoms. The lowest BCUT2D eigenvalue weighted by atomic mass is 10.1. The van der Waals surface area contributed by atoms with Crippen LogP contribution < -0.4 is 11.1 Å². The van der Waals surface area contributed by atoms with Crippen LogP contribution in [0.15, 0.2) is 18.2 Å². The predicted octanol–water partition coefficient (Wildman–Crippen LogP) is 1.89. The zero-order valence-corrected chi connectivity index (χ0v) is 13.5. The van der Waals surface area contributed by atoms with Crippen LogP contribution in [0.25, 0.3) is 0 Å². The number of nitrogens with one attached hydrogen (secondary N) is 1. The molecule has 2 rings (SSSR count). The topological polar surface area (TPSA) is 61.6 Å². The second-order valence-corrected chi connectivity index (χ2v) is 6.16. The summed E-state index contributed by atoms with van der Waals surface area (Å²) in [5.74, 6) is -0.0203. The van der Waals surface area contributed by atoms with Crippen LogP contribution in [-0.2, 0) is 4.79 Å². The maximum Gasteiger partial charge on any atom is 0.241 e. The van der Waals surface area contributed by atoms with E-state index >= 15 is 0 Å². The highest BCUT2D eigenvalue weighted by atomic mass is 35.5. The molecule has 1 aromatic carbocycles. The number of carbonyl (C=O) groups excluding carboxylic acids is 1. The van der Waals surface area contributed by atoms with Crippen molar-refractivity contribution in [2.24, 2.45) is 0 Å². The zero-order valence-electron chi connectivity index (χ0n) is 12.8. The molecule has 2 atom stereocenters. The highest BCUT2D eigenvalue weighted by Gasteiger charge is 2.29. The minimum Gasteiger partial charge on any atom is -0.397 e. The molecule has 116 valence electrons. The highest BCUT2D eigenvalue weighted by Crippen LogP contribution is 2.23. The van der Waals surface area contributed by atoms with E-state index in [1.165, 1.54) is 0 Å². The third-order valence-corrected chi connectivity index (χ3v) is 4.37. The molecular formula is C15H23ClN4O. The first-order valence-corrected chi connectivity index (χ1v) is 7.56. The SMILES string of the molecule is CC1CN(C)CCN1C(C)C(=O)Nc1ccc(Cl)c(N)c1. The standard InChI is InChI=1S/C15H23ClN4O/c1-10-9-19(3)6-7-20(10)11(2)15(21)18-12-4-5-13(16)14(17)8-12/h4-5,8,10-11H,6-7,9,17H2,1-3H3,(H,18,21). The minimum atomic E-state index is -0.175. The number of amides is 1. The molecule has 1 saturated heterocycles. The second kappa shape index (κ2) is 6.64. The first-order chi connectivity index (χ1) is 9.88. The molecule has 1 aromatic rings. The molecule has 1 fully saturated rings. The summed E-state index contributed by atoms with van der Waals surface area (Å²) in [5.41, 5.74) is 6.90. The summed E-state index contributed by atoms with van der Waals surface area (Å²) in [5, 5.41) is 3.40. The smallest absolute Gasteiger partial charge is 0.241 e. The molecule has 0 spiro atoms. The molecule has 0 aliphatic carbocycles. The Morgan fingerprint density at radius 1 is 1.48 bits per heavy atom. The Kier molecular flexibility index (Phi) is 5.08. The van der Waals surface area contributed by atoms with Gasteiger partial charge in [-0.1, -0.05) is 11.6 Å². The van der Waals surface area contributed by atoms with Gasteiger partial charge in [-0.2, -0.15) is 0 Å². The number of hydrogen-bond acceptors (Lipinski definition) is 4. The average Bonchev–Trinajstić information content (AvgIpc) is 2.42. The van der Waals surface area contributed by atoms with E-state index in [0.717, 1.165) is 19.6 Å². The molecule has 5 nitrogen and oxygen atoms in total. The summed E-state index contributed by atoms with van der Waals surface area (Å²) in [6.45, 7) is 6.95. The Hall–Kier alpha value is -1.30. The van der Waals surface area contributed by atoms with Crippen LogP contribution in [0.5, 0.6) is 0 Å². The van der Waals surface area contributed by atoms with Crippen LogP contribution in [0.4, 0.5) is 11.4 Å². The molecule has 1 aliphatic rings. The van der Waals surface area contributed by atoms with Crippen molar-refractivity contribution >= 4 is 28.9 Å². The van der Waals surface area contributed by atoms with E-state index in [-0.39, 0.29) is 11.9 Å². The first-order valence-electron chi connectivity index (χ1n) is 7.18. The van der Waals surface area contributed by atoms with Gasteiger partial charge >= 0.3 is 0 Å². The van der Waals surface area contributed by atoms with Gasteiger partial charge < -0.3 is 16.0 Å². The summed E-state index contributed by atoms with van der Waals surface area (Å²) >= 11 is 5.88. The maximum atomic E-state index is 12.4. The van der Waals surface area contributed by atoms with Crippen LogP contribution in [0.3, 0.4) is 0 Å². The van der Waals surface area contributed by atoms with E-state index in [9.17, 15) is 4.79 Å². The number of nitrogens with two attached hydrogens (primary N) is 1. The van der Waals surface area contributed by atoms with E-state index in [1.807, 2.05) is 6.92 Å². The van der Waals surface area contributed by atoms with Gasteiger partial charge in [-0.25, -0.2) is 0 Å². The van der Waals surface area contributed by atoms with Gasteiger partial charge in [0, 0.05) is 31.4 Å². The number of carbonyl (C=O) groups is 1. The Balaban J connectivity index is 2.00. The molecule has 0 aromatic heterocycles. The molecular weight excluding hydrogens is 288 g/mol. The van der Waals surface area contributed by atoms with Crippen LogP contribution >= 0.6 is 11.6 Å². The van der Waals surface area contributed by atoms with Gasteiger partial charge in [0.25, 0.3) is 0 Å². The zero-order chi connectivity index (χ0) is 15.6. The van der Waals surface area contributed by atoms with Gasteiger partial charge in [0.05, 0.1) is 16.8 Å². The quantitative estimate of drug-likeness (QED) is 0.837.